The van der Waals surface area contributed by atoms with Crippen LogP contribution in [-0.2, 0) is 0 Å². The molecule has 2 aromatic rings. The molecule has 5 heteroatoms. The van der Waals surface area contributed by atoms with Gasteiger partial charge in [-0.3, -0.25) is 4.79 Å². The number of amides is 1. The molecule has 24 heavy (non-hydrogen) atoms. The summed E-state index contributed by atoms with van der Waals surface area (Å²) in [7, 11) is 3.11. The van der Waals surface area contributed by atoms with Crippen molar-refractivity contribution < 1.29 is 18.7 Å². The Hall–Kier alpha value is -2.56. The van der Waals surface area contributed by atoms with E-state index in [1.54, 1.807) is 44.6 Å². The summed E-state index contributed by atoms with van der Waals surface area (Å²) in [6, 6.07) is 11.5. The molecule has 1 aliphatic heterocycles. The second-order valence-electron chi connectivity index (χ2n) is 5.81. The first-order chi connectivity index (χ1) is 11.6. The monoisotopic (exact) mass is 329 g/mol. The number of ether oxygens (including phenoxy) is 2. The van der Waals surface area contributed by atoms with Crippen LogP contribution in [0.15, 0.2) is 42.5 Å². The Labute approximate surface area is 140 Å². The molecule has 0 N–H and O–H groups in total. The average molecular weight is 329 g/mol. The van der Waals surface area contributed by atoms with Crippen molar-refractivity contribution >= 4 is 5.91 Å². The van der Waals surface area contributed by atoms with E-state index >= 15 is 0 Å². The number of hydrogen-bond donors (Lipinski definition) is 0. The van der Waals surface area contributed by atoms with Gasteiger partial charge in [-0.05, 0) is 42.7 Å². The fourth-order valence-electron chi connectivity index (χ4n) is 3.14. The molecule has 1 atom stereocenters. The van der Waals surface area contributed by atoms with Crippen molar-refractivity contribution in [2.75, 3.05) is 20.8 Å². The number of methoxy groups -OCH3 is 2. The Morgan fingerprint density at radius 2 is 1.71 bits per heavy atom. The summed E-state index contributed by atoms with van der Waals surface area (Å²) in [6.45, 7) is 0.681. The van der Waals surface area contributed by atoms with E-state index in [0.717, 1.165) is 18.4 Å². The SMILES string of the molecule is COc1cc(OC)cc(C(=O)N2CCC[C@H]2c2ccc(F)cc2)c1. The van der Waals surface area contributed by atoms with Gasteiger partial charge in [-0.1, -0.05) is 12.1 Å². The number of halogens is 1. The molecule has 0 spiro atoms. The highest BCUT2D eigenvalue weighted by molar-refractivity contribution is 5.95. The molecule has 3 rings (SSSR count). The molecule has 4 nitrogen and oxygen atoms in total. The normalized spacial score (nSPS) is 17.0. The molecule has 1 fully saturated rings. The summed E-state index contributed by atoms with van der Waals surface area (Å²) in [6.07, 6.45) is 1.80. The summed E-state index contributed by atoms with van der Waals surface area (Å²) >= 11 is 0. The number of carbonyl (C=O) groups excluding carboxylic acids is 1. The van der Waals surface area contributed by atoms with E-state index in [2.05, 4.69) is 0 Å². The van der Waals surface area contributed by atoms with E-state index < -0.39 is 0 Å². The number of carbonyl (C=O) groups is 1. The Balaban J connectivity index is 1.89. The molecule has 0 bridgehead atoms. The molecule has 0 aromatic heterocycles. The molecular weight excluding hydrogens is 309 g/mol. The molecule has 1 saturated heterocycles. The van der Waals surface area contributed by atoms with Crippen molar-refractivity contribution in [3.05, 3.63) is 59.4 Å². The first-order valence-corrected chi connectivity index (χ1v) is 7.92. The highest BCUT2D eigenvalue weighted by Crippen LogP contribution is 2.34. The molecule has 126 valence electrons. The Morgan fingerprint density at radius 3 is 2.29 bits per heavy atom. The van der Waals surface area contributed by atoms with Crippen molar-refractivity contribution in [2.45, 2.75) is 18.9 Å². The molecule has 1 aliphatic rings. The zero-order chi connectivity index (χ0) is 17.1. The van der Waals surface area contributed by atoms with Crippen molar-refractivity contribution in [3.63, 3.8) is 0 Å². The number of likely N-dealkylation sites (tertiary alicyclic amines) is 1. The van der Waals surface area contributed by atoms with Gasteiger partial charge in [0.25, 0.3) is 5.91 Å². The Kier molecular flexibility index (Phi) is 4.69. The first-order valence-electron chi connectivity index (χ1n) is 7.92. The smallest absolute Gasteiger partial charge is 0.254 e. The van der Waals surface area contributed by atoms with Gasteiger partial charge < -0.3 is 14.4 Å². The van der Waals surface area contributed by atoms with E-state index in [9.17, 15) is 9.18 Å². The average Bonchev–Trinajstić information content (AvgIpc) is 3.10. The van der Waals surface area contributed by atoms with Crippen LogP contribution in [0.1, 0.15) is 34.8 Å². The minimum absolute atomic E-state index is 0.0321. The lowest BCUT2D eigenvalue weighted by atomic mass is 10.0. The molecule has 0 unspecified atom stereocenters. The van der Waals surface area contributed by atoms with E-state index in [1.165, 1.54) is 12.1 Å². The lowest BCUT2D eigenvalue weighted by molar-refractivity contribution is 0.0735. The van der Waals surface area contributed by atoms with Gasteiger partial charge in [-0.25, -0.2) is 4.39 Å². The second kappa shape index (κ2) is 6.91. The molecular formula is C19H20FNO3. The topological polar surface area (TPSA) is 38.8 Å². The standard InChI is InChI=1S/C19H20FNO3/c1-23-16-10-14(11-17(12-16)24-2)19(22)21-9-3-4-18(21)13-5-7-15(20)8-6-13/h5-8,10-12,18H,3-4,9H2,1-2H3/t18-/m0/s1. The third-order valence-corrected chi connectivity index (χ3v) is 4.37. The van der Waals surface area contributed by atoms with Crippen LogP contribution in [0.2, 0.25) is 0 Å². The van der Waals surface area contributed by atoms with Gasteiger partial charge in [0, 0.05) is 18.2 Å². The van der Waals surface area contributed by atoms with Crippen LogP contribution in [0, 0.1) is 5.82 Å². The zero-order valence-electron chi connectivity index (χ0n) is 13.8. The maximum atomic E-state index is 13.2. The van der Waals surface area contributed by atoms with E-state index in [-0.39, 0.29) is 17.8 Å². The van der Waals surface area contributed by atoms with Crippen LogP contribution in [0.4, 0.5) is 4.39 Å². The highest BCUT2D eigenvalue weighted by atomic mass is 19.1. The van der Waals surface area contributed by atoms with Gasteiger partial charge in [0.1, 0.15) is 17.3 Å². The van der Waals surface area contributed by atoms with Crippen LogP contribution >= 0.6 is 0 Å². The van der Waals surface area contributed by atoms with Gasteiger partial charge in [0.05, 0.1) is 20.3 Å². The minimum atomic E-state index is -0.271. The third kappa shape index (κ3) is 3.20. The maximum Gasteiger partial charge on any atom is 0.254 e. The third-order valence-electron chi connectivity index (χ3n) is 4.37. The lowest BCUT2D eigenvalue weighted by Gasteiger charge is -2.25. The predicted octanol–water partition coefficient (Wildman–Crippen LogP) is 3.82. The molecule has 2 aromatic carbocycles. The molecule has 0 aliphatic carbocycles. The van der Waals surface area contributed by atoms with E-state index in [0.29, 0.717) is 23.6 Å². The maximum absolute atomic E-state index is 13.2. The summed E-state index contributed by atoms with van der Waals surface area (Å²) in [5.41, 5.74) is 1.48. The molecule has 0 saturated carbocycles. The minimum Gasteiger partial charge on any atom is -0.497 e. The van der Waals surface area contributed by atoms with Gasteiger partial charge in [-0.2, -0.15) is 0 Å². The number of nitrogens with zero attached hydrogens (tertiary/aromatic N) is 1. The molecule has 1 heterocycles. The van der Waals surface area contributed by atoms with Crippen molar-refractivity contribution in [1.82, 2.24) is 4.90 Å². The molecule has 1 amide bonds. The highest BCUT2D eigenvalue weighted by Gasteiger charge is 2.31. The van der Waals surface area contributed by atoms with Gasteiger partial charge >= 0.3 is 0 Å². The summed E-state index contributed by atoms with van der Waals surface area (Å²) < 4.78 is 23.6. The van der Waals surface area contributed by atoms with Gasteiger partial charge in [0.15, 0.2) is 0 Å². The summed E-state index contributed by atoms with van der Waals surface area (Å²) in [5.74, 6) is 0.816. The Bertz CT molecular complexity index is 708. The summed E-state index contributed by atoms with van der Waals surface area (Å²) in [5, 5.41) is 0. The van der Waals surface area contributed by atoms with Crippen LogP contribution in [0.3, 0.4) is 0 Å². The summed E-state index contributed by atoms with van der Waals surface area (Å²) in [4.78, 5) is 14.8. The van der Waals surface area contributed by atoms with Crippen molar-refractivity contribution in [3.8, 4) is 11.5 Å². The Morgan fingerprint density at radius 1 is 1.08 bits per heavy atom. The van der Waals surface area contributed by atoms with E-state index in [4.69, 9.17) is 9.47 Å². The van der Waals surface area contributed by atoms with Crippen molar-refractivity contribution in [1.29, 1.82) is 0 Å². The van der Waals surface area contributed by atoms with Crippen LogP contribution in [0.25, 0.3) is 0 Å². The van der Waals surface area contributed by atoms with Crippen LogP contribution in [-0.4, -0.2) is 31.6 Å². The van der Waals surface area contributed by atoms with E-state index in [1.807, 2.05) is 4.90 Å². The van der Waals surface area contributed by atoms with Gasteiger partial charge in [0.2, 0.25) is 0 Å². The first kappa shape index (κ1) is 16.3. The largest absolute Gasteiger partial charge is 0.497 e. The fourth-order valence-corrected chi connectivity index (χ4v) is 3.14. The second-order valence-corrected chi connectivity index (χ2v) is 5.81. The predicted molar refractivity (Wildman–Crippen MR) is 89.0 cm³/mol. The lowest BCUT2D eigenvalue weighted by Crippen LogP contribution is -2.30. The number of rotatable bonds is 4. The molecule has 0 radical (unpaired) electrons. The number of benzene rings is 2. The fraction of sp³-hybridized carbons (Fsp3) is 0.316. The van der Waals surface area contributed by atoms with Gasteiger partial charge in [-0.15, -0.1) is 0 Å². The quantitative estimate of drug-likeness (QED) is 0.856. The van der Waals surface area contributed by atoms with Crippen LogP contribution in [0.5, 0.6) is 11.5 Å². The van der Waals surface area contributed by atoms with Crippen molar-refractivity contribution in [2.24, 2.45) is 0 Å². The zero-order valence-corrected chi connectivity index (χ0v) is 13.8. The van der Waals surface area contributed by atoms with Crippen LogP contribution < -0.4 is 9.47 Å². The number of hydrogen-bond acceptors (Lipinski definition) is 3.